The third-order valence-corrected chi connectivity index (χ3v) is 2.51. The van der Waals surface area contributed by atoms with Crippen LogP contribution < -0.4 is 5.73 Å². The number of rotatable bonds is 1. The Labute approximate surface area is 78.5 Å². The molecule has 2 nitrogen and oxygen atoms in total. The van der Waals surface area contributed by atoms with Gasteiger partial charge in [0.25, 0.3) is 0 Å². The monoisotopic (exact) mass is 187 g/mol. The molecule has 1 aromatic heterocycles. The molecule has 1 fully saturated rings. The normalized spacial score (nSPS) is 20.4. The molecule has 12 heavy (non-hydrogen) atoms. The molecule has 3 heteroatoms. The van der Waals surface area contributed by atoms with Gasteiger partial charge in [0.1, 0.15) is 5.76 Å². The summed E-state index contributed by atoms with van der Waals surface area (Å²) in [7, 11) is 0. The van der Waals surface area contributed by atoms with Gasteiger partial charge in [-0.3, -0.25) is 0 Å². The average Bonchev–Trinajstić information content (AvgIpc) is 2.55. The molecule has 1 saturated carbocycles. The van der Waals surface area contributed by atoms with Crippen molar-refractivity contribution in [2.45, 2.75) is 31.2 Å². The number of halogens is 1. The molecule has 1 aromatic rings. The van der Waals surface area contributed by atoms with E-state index in [-0.39, 0.29) is 17.9 Å². The Morgan fingerprint density at radius 3 is 2.50 bits per heavy atom. The summed E-state index contributed by atoms with van der Waals surface area (Å²) in [6.07, 6.45) is 6.30. The van der Waals surface area contributed by atoms with Crippen LogP contribution in [0.3, 0.4) is 0 Å². The summed E-state index contributed by atoms with van der Waals surface area (Å²) in [5.41, 5.74) is 5.98. The molecule has 1 aliphatic rings. The van der Waals surface area contributed by atoms with Crippen LogP contribution in [0.4, 0.5) is 0 Å². The molecule has 0 aliphatic heterocycles. The summed E-state index contributed by atoms with van der Waals surface area (Å²) in [4.78, 5) is 0. The molecule has 2 N–H and O–H groups in total. The van der Waals surface area contributed by atoms with Crippen LogP contribution in [-0.4, -0.2) is 0 Å². The lowest BCUT2D eigenvalue weighted by Crippen LogP contribution is -2.32. The fourth-order valence-corrected chi connectivity index (χ4v) is 1.81. The van der Waals surface area contributed by atoms with Gasteiger partial charge >= 0.3 is 0 Å². The van der Waals surface area contributed by atoms with Gasteiger partial charge in [-0.05, 0) is 25.0 Å². The van der Waals surface area contributed by atoms with Crippen LogP contribution in [0.5, 0.6) is 0 Å². The van der Waals surface area contributed by atoms with Gasteiger partial charge in [0.05, 0.1) is 11.8 Å². The van der Waals surface area contributed by atoms with Crippen LogP contribution >= 0.6 is 12.4 Å². The Balaban J connectivity index is 0.000000720. The van der Waals surface area contributed by atoms with E-state index < -0.39 is 0 Å². The van der Waals surface area contributed by atoms with Gasteiger partial charge in [0.2, 0.25) is 0 Å². The van der Waals surface area contributed by atoms with E-state index in [9.17, 15) is 0 Å². The van der Waals surface area contributed by atoms with Gasteiger partial charge in [0.15, 0.2) is 0 Å². The maximum Gasteiger partial charge on any atom is 0.123 e. The van der Waals surface area contributed by atoms with E-state index in [1.54, 1.807) is 6.26 Å². The summed E-state index contributed by atoms with van der Waals surface area (Å²) in [5, 5.41) is 0. The van der Waals surface area contributed by atoms with Gasteiger partial charge in [0, 0.05) is 0 Å². The molecule has 68 valence electrons. The summed E-state index contributed by atoms with van der Waals surface area (Å²) in [6, 6.07) is 3.88. The quantitative estimate of drug-likeness (QED) is 0.734. The van der Waals surface area contributed by atoms with E-state index in [2.05, 4.69) is 0 Å². The Morgan fingerprint density at radius 1 is 1.33 bits per heavy atom. The van der Waals surface area contributed by atoms with Gasteiger partial charge in [-0.15, -0.1) is 12.4 Å². The predicted molar refractivity (Wildman–Crippen MR) is 50.3 cm³/mol. The summed E-state index contributed by atoms with van der Waals surface area (Å²) >= 11 is 0. The Hall–Kier alpha value is -0.470. The van der Waals surface area contributed by atoms with Crippen molar-refractivity contribution >= 4 is 12.4 Å². The van der Waals surface area contributed by atoms with E-state index in [0.29, 0.717) is 0 Å². The van der Waals surface area contributed by atoms with E-state index in [4.69, 9.17) is 10.2 Å². The lowest BCUT2D eigenvalue weighted by atomic mass is 9.96. The second-order valence-corrected chi connectivity index (χ2v) is 3.34. The number of hydrogen-bond donors (Lipinski definition) is 1. The number of nitrogens with two attached hydrogens (primary N) is 1. The van der Waals surface area contributed by atoms with E-state index in [0.717, 1.165) is 18.6 Å². The predicted octanol–water partition coefficient (Wildman–Crippen LogP) is 2.43. The molecule has 0 bridgehead atoms. The first-order chi connectivity index (χ1) is 5.31. The first-order valence-corrected chi connectivity index (χ1v) is 4.14. The van der Waals surface area contributed by atoms with Crippen molar-refractivity contribution in [3.05, 3.63) is 24.2 Å². The Kier molecular flexibility index (Phi) is 2.80. The molecule has 1 heterocycles. The van der Waals surface area contributed by atoms with E-state index in [1.807, 2.05) is 12.1 Å². The van der Waals surface area contributed by atoms with Crippen molar-refractivity contribution < 1.29 is 4.42 Å². The zero-order valence-electron chi connectivity index (χ0n) is 6.95. The molecule has 0 atom stereocenters. The van der Waals surface area contributed by atoms with Crippen molar-refractivity contribution in [1.82, 2.24) is 0 Å². The molecular formula is C9H14ClNO. The second kappa shape index (κ2) is 3.50. The molecule has 0 radical (unpaired) electrons. The highest BCUT2D eigenvalue weighted by atomic mass is 35.5. The molecular weight excluding hydrogens is 174 g/mol. The van der Waals surface area contributed by atoms with Crippen molar-refractivity contribution in [3.63, 3.8) is 0 Å². The van der Waals surface area contributed by atoms with Crippen molar-refractivity contribution in [3.8, 4) is 0 Å². The lowest BCUT2D eigenvalue weighted by molar-refractivity contribution is 0.350. The SMILES string of the molecule is Cl.NC1(c2ccco2)CCCC1. The van der Waals surface area contributed by atoms with Crippen LogP contribution in [0.15, 0.2) is 22.8 Å². The maximum absolute atomic E-state index is 6.13. The van der Waals surface area contributed by atoms with Gasteiger partial charge in [-0.1, -0.05) is 12.8 Å². The van der Waals surface area contributed by atoms with Gasteiger partial charge in [-0.2, -0.15) is 0 Å². The highest BCUT2D eigenvalue weighted by Crippen LogP contribution is 2.36. The standard InChI is InChI=1S/C9H13NO.ClH/c10-9(5-1-2-6-9)8-4-3-7-11-8;/h3-4,7H,1-2,5-6,10H2;1H. The van der Waals surface area contributed by atoms with Crippen LogP contribution in [0.1, 0.15) is 31.4 Å². The minimum absolute atomic E-state index is 0. The largest absolute Gasteiger partial charge is 0.467 e. The zero-order chi connectivity index (χ0) is 7.73. The van der Waals surface area contributed by atoms with Crippen molar-refractivity contribution in [2.24, 2.45) is 5.73 Å². The van der Waals surface area contributed by atoms with Gasteiger partial charge in [-0.25, -0.2) is 0 Å². The molecule has 1 aliphatic carbocycles. The van der Waals surface area contributed by atoms with E-state index in [1.165, 1.54) is 12.8 Å². The summed E-state index contributed by atoms with van der Waals surface area (Å²) < 4.78 is 5.30. The molecule has 2 rings (SSSR count). The molecule has 0 spiro atoms. The minimum Gasteiger partial charge on any atom is -0.467 e. The van der Waals surface area contributed by atoms with Crippen LogP contribution in [0.2, 0.25) is 0 Å². The summed E-state index contributed by atoms with van der Waals surface area (Å²) in [6.45, 7) is 0. The van der Waals surface area contributed by atoms with Crippen molar-refractivity contribution in [1.29, 1.82) is 0 Å². The van der Waals surface area contributed by atoms with Crippen LogP contribution in [-0.2, 0) is 5.54 Å². The minimum atomic E-state index is -0.149. The fraction of sp³-hybridized carbons (Fsp3) is 0.556. The molecule has 0 aromatic carbocycles. The lowest BCUT2D eigenvalue weighted by Gasteiger charge is -2.19. The summed E-state index contributed by atoms with van der Waals surface area (Å²) in [5.74, 6) is 0.954. The Bertz CT molecular complexity index is 227. The smallest absolute Gasteiger partial charge is 0.123 e. The highest BCUT2D eigenvalue weighted by Gasteiger charge is 2.33. The first kappa shape index (κ1) is 9.62. The number of furan rings is 1. The third-order valence-electron chi connectivity index (χ3n) is 2.51. The first-order valence-electron chi connectivity index (χ1n) is 4.14. The molecule has 0 saturated heterocycles. The average molecular weight is 188 g/mol. The Morgan fingerprint density at radius 2 is 2.00 bits per heavy atom. The zero-order valence-corrected chi connectivity index (χ0v) is 7.77. The topological polar surface area (TPSA) is 39.2 Å². The fourth-order valence-electron chi connectivity index (χ4n) is 1.81. The van der Waals surface area contributed by atoms with Crippen LogP contribution in [0.25, 0.3) is 0 Å². The maximum atomic E-state index is 6.13. The molecule has 0 unspecified atom stereocenters. The van der Waals surface area contributed by atoms with Gasteiger partial charge < -0.3 is 10.2 Å². The van der Waals surface area contributed by atoms with E-state index >= 15 is 0 Å². The third kappa shape index (κ3) is 1.50. The number of hydrogen-bond acceptors (Lipinski definition) is 2. The van der Waals surface area contributed by atoms with Crippen molar-refractivity contribution in [2.75, 3.05) is 0 Å². The highest BCUT2D eigenvalue weighted by molar-refractivity contribution is 5.85. The van der Waals surface area contributed by atoms with Crippen LogP contribution in [0, 0.1) is 0 Å². The second-order valence-electron chi connectivity index (χ2n) is 3.34. The molecule has 0 amide bonds.